The first kappa shape index (κ1) is 13.9. The minimum Gasteiger partial charge on any atom is -0.395 e. The molecule has 1 aliphatic carbocycles. The first-order chi connectivity index (χ1) is 9.04. The third-order valence-corrected chi connectivity index (χ3v) is 3.45. The number of carbonyl (C=O) groups is 1. The number of carbonyl (C=O) groups excluding carboxylic acids is 1. The van der Waals surface area contributed by atoms with E-state index in [1.165, 1.54) is 0 Å². The largest absolute Gasteiger partial charge is 0.395 e. The van der Waals surface area contributed by atoms with E-state index in [-0.39, 0.29) is 24.7 Å². The van der Waals surface area contributed by atoms with Crippen molar-refractivity contribution in [3.8, 4) is 0 Å². The number of aromatic nitrogens is 1. The summed E-state index contributed by atoms with van der Waals surface area (Å²) < 4.78 is 5.11. The van der Waals surface area contributed by atoms with Crippen LogP contribution in [0.3, 0.4) is 0 Å². The zero-order valence-corrected chi connectivity index (χ0v) is 11.6. The lowest BCUT2D eigenvalue weighted by Gasteiger charge is -2.24. The van der Waals surface area contributed by atoms with Gasteiger partial charge in [0.15, 0.2) is 0 Å². The SMILES string of the molecule is Cc1noc(C)c1C(C)NC(=O)N(CCO)C1CC1. The molecule has 1 aliphatic rings. The number of urea groups is 1. The number of nitrogens with one attached hydrogen (secondary N) is 1. The van der Waals surface area contributed by atoms with E-state index in [1.54, 1.807) is 4.90 Å². The minimum atomic E-state index is -0.154. The van der Waals surface area contributed by atoms with E-state index in [4.69, 9.17) is 9.63 Å². The highest BCUT2D eigenvalue weighted by Crippen LogP contribution is 2.27. The van der Waals surface area contributed by atoms with Crippen molar-refractivity contribution in [1.82, 2.24) is 15.4 Å². The van der Waals surface area contributed by atoms with Crippen LogP contribution in [0.25, 0.3) is 0 Å². The van der Waals surface area contributed by atoms with E-state index in [0.29, 0.717) is 6.54 Å². The standard InChI is InChI=1S/C13H21N3O3/c1-8(12-9(2)15-19-10(12)3)14-13(18)16(6-7-17)11-4-5-11/h8,11,17H,4-7H2,1-3H3,(H,14,18). The molecular formula is C13H21N3O3. The molecule has 0 radical (unpaired) electrons. The lowest BCUT2D eigenvalue weighted by molar-refractivity contribution is 0.171. The summed E-state index contributed by atoms with van der Waals surface area (Å²) >= 11 is 0. The molecule has 2 rings (SSSR count). The second-order valence-electron chi connectivity index (χ2n) is 5.06. The molecule has 0 aliphatic heterocycles. The van der Waals surface area contributed by atoms with Gasteiger partial charge >= 0.3 is 6.03 Å². The third kappa shape index (κ3) is 3.07. The molecule has 6 nitrogen and oxygen atoms in total. The van der Waals surface area contributed by atoms with E-state index in [1.807, 2.05) is 20.8 Å². The molecule has 106 valence electrons. The third-order valence-electron chi connectivity index (χ3n) is 3.45. The van der Waals surface area contributed by atoms with Crippen LogP contribution in [0.4, 0.5) is 4.79 Å². The van der Waals surface area contributed by atoms with Gasteiger partial charge in [-0.3, -0.25) is 0 Å². The minimum absolute atomic E-state index is 0.0103. The number of amides is 2. The van der Waals surface area contributed by atoms with Crippen molar-refractivity contribution in [1.29, 1.82) is 0 Å². The van der Waals surface area contributed by atoms with Crippen LogP contribution in [0.1, 0.15) is 42.8 Å². The Labute approximate surface area is 112 Å². The molecule has 0 spiro atoms. The van der Waals surface area contributed by atoms with E-state index >= 15 is 0 Å². The van der Waals surface area contributed by atoms with Crippen LogP contribution >= 0.6 is 0 Å². The molecule has 2 N–H and O–H groups in total. The van der Waals surface area contributed by atoms with E-state index in [2.05, 4.69) is 10.5 Å². The van der Waals surface area contributed by atoms with E-state index in [9.17, 15) is 4.79 Å². The summed E-state index contributed by atoms with van der Waals surface area (Å²) in [6.07, 6.45) is 2.04. The van der Waals surface area contributed by atoms with Crippen LogP contribution in [0, 0.1) is 13.8 Å². The zero-order chi connectivity index (χ0) is 14.0. The van der Waals surface area contributed by atoms with Crippen molar-refractivity contribution in [2.24, 2.45) is 0 Å². The van der Waals surface area contributed by atoms with Crippen LogP contribution in [0.15, 0.2) is 4.52 Å². The lowest BCUT2D eigenvalue weighted by atomic mass is 10.1. The molecule has 1 aromatic rings. The molecule has 1 unspecified atom stereocenters. The topological polar surface area (TPSA) is 78.6 Å². The number of aryl methyl sites for hydroxylation is 2. The Balaban J connectivity index is 2.01. The van der Waals surface area contributed by atoms with Gasteiger partial charge in [0.2, 0.25) is 0 Å². The molecule has 0 saturated heterocycles. The average molecular weight is 267 g/mol. The molecule has 1 saturated carbocycles. The van der Waals surface area contributed by atoms with Gasteiger partial charge in [-0.1, -0.05) is 5.16 Å². The second-order valence-corrected chi connectivity index (χ2v) is 5.06. The highest BCUT2D eigenvalue weighted by molar-refractivity contribution is 5.75. The Morgan fingerprint density at radius 3 is 2.74 bits per heavy atom. The fourth-order valence-electron chi connectivity index (χ4n) is 2.39. The Bertz CT molecular complexity index is 434. The number of nitrogens with zero attached hydrogens (tertiary/aromatic N) is 2. The van der Waals surface area contributed by atoms with Gasteiger partial charge in [0.25, 0.3) is 0 Å². The van der Waals surface area contributed by atoms with Gasteiger partial charge in [0.05, 0.1) is 18.3 Å². The Morgan fingerprint density at radius 2 is 2.26 bits per heavy atom. The summed E-state index contributed by atoms with van der Waals surface area (Å²) in [5, 5.41) is 15.9. The first-order valence-corrected chi connectivity index (χ1v) is 6.65. The summed E-state index contributed by atoms with van der Waals surface area (Å²) in [5.41, 5.74) is 1.72. The molecular weight excluding hydrogens is 246 g/mol. The van der Waals surface area contributed by atoms with Gasteiger partial charge in [-0.2, -0.15) is 0 Å². The summed E-state index contributed by atoms with van der Waals surface area (Å²) in [7, 11) is 0. The van der Waals surface area contributed by atoms with Crippen molar-refractivity contribution in [3.63, 3.8) is 0 Å². The van der Waals surface area contributed by atoms with Crippen molar-refractivity contribution < 1.29 is 14.4 Å². The van der Waals surface area contributed by atoms with Crippen molar-refractivity contribution in [2.45, 2.75) is 45.7 Å². The van der Waals surface area contributed by atoms with Gasteiger partial charge in [-0.25, -0.2) is 4.79 Å². The van der Waals surface area contributed by atoms with Gasteiger partial charge in [0.1, 0.15) is 5.76 Å². The van der Waals surface area contributed by atoms with Crippen molar-refractivity contribution in [3.05, 3.63) is 17.0 Å². The van der Waals surface area contributed by atoms with E-state index in [0.717, 1.165) is 29.9 Å². The summed E-state index contributed by atoms with van der Waals surface area (Å²) in [4.78, 5) is 13.9. The summed E-state index contributed by atoms with van der Waals surface area (Å²) in [5.74, 6) is 0.727. The Hall–Kier alpha value is -1.56. The number of hydrogen-bond acceptors (Lipinski definition) is 4. The van der Waals surface area contributed by atoms with Gasteiger partial charge < -0.3 is 19.8 Å². The average Bonchev–Trinajstić information content (AvgIpc) is 3.12. The Morgan fingerprint density at radius 1 is 1.58 bits per heavy atom. The predicted molar refractivity (Wildman–Crippen MR) is 69.7 cm³/mol. The number of hydrogen-bond donors (Lipinski definition) is 2. The smallest absolute Gasteiger partial charge is 0.318 e. The quantitative estimate of drug-likeness (QED) is 0.847. The normalized spacial score (nSPS) is 16.2. The van der Waals surface area contributed by atoms with Crippen molar-refractivity contribution in [2.75, 3.05) is 13.2 Å². The molecule has 1 aromatic heterocycles. The lowest BCUT2D eigenvalue weighted by Crippen LogP contribution is -2.43. The molecule has 1 heterocycles. The fraction of sp³-hybridized carbons (Fsp3) is 0.692. The van der Waals surface area contributed by atoms with Crippen LogP contribution in [-0.2, 0) is 0 Å². The monoisotopic (exact) mass is 267 g/mol. The molecule has 2 amide bonds. The maximum Gasteiger partial charge on any atom is 0.318 e. The Kier molecular flexibility index (Phi) is 4.09. The number of aliphatic hydroxyl groups excluding tert-OH is 1. The number of rotatable bonds is 5. The van der Waals surface area contributed by atoms with Crippen molar-refractivity contribution >= 4 is 6.03 Å². The van der Waals surface area contributed by atoms with Gasteiger partial charge in [-0.15, -0.1) is 0 Å². The molecule has 0 bridgehead atoms. The van der Waals surface area contributed by atoms with Crippen LogP contribution < -0.4 is 5.32 Å². The molecule has 0 aromatic carbocycles. The van der Waals surface area contributed by atoms with Gasteiger partial charge in [0, 0.05) is 18.2 Å². The fourth-order valence-corrected chi connectivity index (χ4v) is 2.39. The van der Waals surface area contributed by atoms with Crippen LogP contribution in [0.5, 0.6) is 0 Å². The number of aliphatic hydroxyl groups is 1. The predicted octanol–water partition coefficient (Wildman–Crippen LogP) is 1.52. The summed E-state index contributed by atoms with van der Waals surface area (Å²) in [6.45, 7) is 5.98. The molecule has 1 fully saturated rings. The highest BCUT2D eigenvalue weighted by atomic mass is 16.5. The zero-order valence-electron chi connectivity index (χ0n) is 11.6. The van der Waals surface area contributed by atoms with Gasteiger partial charge in [-0.05, 0) is 33.6 Å². The summed E-state index contributed by atoms with van der Waals surface area (Å²) in [6, 6.07) is -0.00763. The highest BCUT2D eigenvalue weighted by Gasteiger charge is 2.33. The van der Waals surface area contributed by atoms with E-state index < -0.39 is 0 Å². The maximum atomic E-state index is 12.2. The molecule has 19 heavy (non-hydrogen) atoms. The molecule has 1 atom stereocenters. The second kappa shape index (κ2) is 5.61. The maximum absolute atomic E-state index is 12.2. The molecule has 6 heteroatoms. The first-order valence-electron chi connectivity index (χ1n) is 6.65. The van der Waals surface area contributed by atoms with Crippen LogP contribution in [0.2, 0.25) is 0 Å². The van der Waals surface area contributed by atoms with Crippen LogP contribution in [-0.4, -0.2) is 40.4 Å².